The van der Waals surface area contributed by atoms with Crippen molar-refractivity contribution in [2.24, 2.45) is 0 Å². The Balaban J connectivity index is 1.64. The number of nitrogens with zero attached hydrogens (tertiary/aromatic N) is 1. The van der Waals surface area contributed by atoms with E-state index >= 15 is 0 Å². The van der Waals surface area contributed by atoms with E-state index < -0.39 is 52.6 Å². The van der Waals surface area contributed by atoms with Crippen molar-refractivity contribution < 1.29 is 67.0 Å². The van der Waals surface area contributed by atoms with Crippen molar-refractivity contribution in [2.75, 3.05) is 26.4 Å². The Kier molecular flexibility index (Phi) is 8.53. The summed E-state index contributed by atoms with van der Waals surface area (Å²) in [5.74, 6) is -1.22. The second kappa shape index (κ2) is 10.8. The Hall–Kier alpha value is -2.03. The van der Waals surface area contributed by atoms with Crippen LogP contribution in [0.25, 0.3) is 0 Å². The molecule has 6 N–H and O–H groups in total. The van der Waals surface area contributed by atoms with Gasteiger partial charge in [0, 0.05) is 18.7 Å². The summed E-state index contributed by atoms with van der Waals surface area (Å²) in [5, 5.41) is 21.5. The summed E-state index contributed by atoms with van der Waals surface area (Å²) < 4.78 is 48.1. The molecule has 2 atom stereocenters. The predicted molar refractivity (Wildman–Crippen MR) is 119 cm³/mol. The monoisotopic (exact) mass is 555 g/mol. The quantitative estimate of drug-likeness (QED) is 0.0616. The zero-order chi connectivity index (χ0) is 26.9. The Morgan fingerprint density at radius 3 is 2.33 bits per heavy atom. The van der Waals surface area contributed by atoms with E-state index in [1.807, 2.05) is 0 Å². The van der Waals surface area contributed by atoms with Crippen LogP contribution in [0.5, 0.6) is 11.8 Å². The number of rotatable bonds is 14. The maximum atomic E-state index is 11.8. The molecule has 0 amide bonds. The summed E-state index contributed by atoms with van der Waals surface area (Å²) in [5.41, 5.74) is -0.515. The van der Waals surface area contributed by atoms with Gasteiger partial charge < -0.3 is 44.0 Å². The maximum absolute atomic E-state index is 11.8. The number of phosphoric acid groups is 2. The number of phosphoric ester groups is 2. The van der Waals surface area contributed by atoms with Crippen LogP contribution in [0.4, 0.5) is 0 Å². The molecule has 1 aromatic rings. The van der Waals surface area contributed by atoms with Crippen molar-refractivity contribution in [3.63, 3.8) is 0 Å². The van der Waals surface area contributed by atoms with Gasteiger partial charge in [0.1, 0.15) is 18.8 Å². The number of aromatic hydroxyl groups is 2. The van der Waals surface area contributed by atoms with Crippen LogP contribution in [-0.2, 0) is 49.3 Å². The van der Waals surface area contributed by atoms with E-state index in [1.165, 1.54) is 11.5 Å². The third-order valence-electron chi connectivity index (χ3n) is 5.33. The number of fused-ring (bicyclic) bond motifs is 5. The topological polar surface area (TPSA) is 224 Å². The first-order valence-corrected chi connectivity index (χ1v) is 13.6. The zero-order valence-corrected chi connectivity index (χ0v) is 20.8. The second-order valence-corrected chi connectivity index (χ2v) is 10.6. The Bertz CT molecular complexity index is 1110. The van der Waals surface area contributed by atoms with Crippen molar-refractivity contribution in [1.29, 1.82) is 0 Å². The first-order chi connectivity index (χ1) is 16.6. The number of carbonyl (C=O) groups is 1. The van der Waals surface area contributed by atoms with Gasteiger partial charge in [0.05, 0.1) is 24.3 Å². The molecule has 1 aromatic heterocycles. The molecule has 3 rings (SSSR count). The van der Waals surface area contributed by atoms with Crippen LogP contribution in [0.1, 0.15) is 30.6 Å². The van der Waals surface area contributed by atoms with Crippen molar-refractivity contribution in [2.45, 2.75) is 37.7 Å². The number of hydrogen-bond acceptors (Lipinski definition) is 10. The standard InChI is InChI=1S/C19H27NO14P2/c1-11(2)18(23)31-10-19-5-4-13(34-19)14-15(19)17(22)20(16(14)21)6-3-7-30-12(8-32-35(24,25)26)9-33-36(27,28)29/h4-5,12-13,21-22H,1,3,6-10H2,2H3,(H2,24,25,26)(H2,27,28,29). The van der Waals surface area contributed by atoms with Gasteiger partial charge in [0.25, 0.3) is 0 Å². The largest absolute Gasteiger partial charge is 0.494 e. The molecular formula is C19H27NO14P2. The molecule has 0 radical (unpaired) electrons. The van der Waals surface area contributed by atoms with Crippen LogP contribution in [-0.4, -0.2) is 72.9 Å². The van der Waals surface area contributed by atoms with Crippen molar-refractivity contribution in [3.8, 4) is 11.8 Å². The normalized spacial score (nSPS) is 20.8. The lowest BCUT2D eigenvalue weighted by Gasteiger charge is -2.23. The predicted octanol–water partition coefficient (Wildman–Crippen LogP) is 0.849. The van der Waals surface area contributed by atoms with Crippen LogP contribution in [0.2, 0.25) is 0 Å². The summed E-state index contributed by atoms with van der Waals surface area (Å²) in [7, 11) is -9.74. The van der Waals surface area contributed by atoms with E-state index in [1.54, 1.807) is 12.2 Å². The molecular weight excluding hydrogens is 528 g/mol. The van der Waals surface area contributed by atoms with Gasteiger partial charge in [-0.2, -0.15) is 0 Å². The molecule has 2 unspecified atom stereocenters. The minimum absolute atomic E-state index is 0.0183. The van der Waals surface area contributed by atoms with Crippen molar-refractivity contribution in [1.82, 2.24) is 4.57 Å². The van der Waals surface area contributed by atoms with Gasteiger partial charge in [-0.15, -0.1) is 0 Å². The number of esters is 1. The molecule has 0 aliphatic carbocycles. The SMILES string of the molecule is C=C(C)C(=O)OCC12C=CC(O1)c1c2c(O)n(CCCOC(COP(=O)(O)O)COP(=O)(O)O)c1O. The van der Waals surface area contributed by atoms with Gasteiger partial charge in [0.15, 0.2) is 5.60 Å². The average Bonchev–Trinajstić information content (AvgIpc) is 3.40. The molecule has 0 spiro atoms. The van der Waals surface area contributed by atoms with Gasteiger partial charge in [-0.1, -0.05) is 12.7 Å². The molecule has 36 heavy (non-hydrogen) atoms. The lowest BCUT2D eigenvalue weighted by molar-refractivity contribution is -0.147. The summed E-state index contributed by atoms with van der Waals surface area (Å²) in [6.45, 7) is 3.21. The molecule has 2 bridgehead atoms. The molecule has 0 aromatic carbocycles. The molecule has 17 heteroatoms. The van der Waals surface area contributed by atoms with Crippen LogP contribution in [0.15, 0.2) is 24.3 Å². The van der Waals surface area contributed by atoms with Crippen LogP contribution < -0.4 is 0 Å². The third-order valence-corrected chi connectivity index (χ3v) is 6.30. The first-order valence-electron chi connectivity index (χ1n) is 10.5. The van der Waals surface area contributed by atoms with Gasteiger partial charge in [0.2, 0.25) is 11.8 Å². The van der Waals surface area contributed by atoms with Gasteiger partial charge >= 0.3 is 21.6 Å². The maximum Gasteiger partial charge on any atom is 0.469 e. The molecule has 3 heterocycles. The minimum Gasteiger partial charge on any atom is -0.494 e. The molecule has 15 nitrogen and oxygen atoms in total. The van der Waals surface area contributed by atoms with Crippen molar-refractivity contribution >= 4 is 21.6 Å². The highest BCUT2D eigenvalue weighted by atomic mass is 31.2. The summed E-state index contributed by atoms with van der Waals surface area (Å²) in [4.78, 5) is 47.2. The third kappa shape index (κ3) is 6.64. The fourth-order valence-electron chi connectivity index (χ4n) is 3.78. The van der Waals surface area contributed by atoms with E-state index in [9.17, 15) is 24.1 Å². The second-order valence-electron chi connectivity index (χ2n) is 8.15. The highest BCUT2D eigenvalue weighted by Gasteiger charge is 2.53. The lowest BCUT2D eigenvalue weighted by Crippen LogP contribution is -2.29. The van der Waals surface area contributed by atoms with Crippen LogP contribution in [0, 0.1) is 0 Å². The highest BCUT2D eigenvalue weighted by Crippen LogP contribution is 2.58. The Morgan fingerprint density at radius 2 is 1.78 bits per heavy atom. The Morgan fingerprint density at radius 1 is 1.17 bits per heavy atom. The molecule has 0 fully saturated rings. The highest BCUT2D eigenvalue weighted by molar-refractivity contribution is 7.46. The minimum atomic E-state index is -4.87. The molecule has 202 valence electrons. The lowest BCUT2D eigenvalue weighted by atomic mass is 9.90. The fraction of sp³-hybridized carbons (Fsp3) is 0.526. The molecule has 0 saturated carbocycles. The molecule has 0 saturated heterocycles. The summed E-state index contributed by atoms with van der Waals surface area (Å²) >= 11 is 0. The van der Waals surface area contributed by atoms with Gasteiger partial charge in [-0.3, -0.25) is 13.6 Å². The van der Waals surface area contributed by atoms with Gasteiger partial charge in [-0.25, -0.2) is 13.9 Å². The molecule has 2 aliphatic rings. The van der Waals surface area contributed by atoms with E-state index in [0.717, 1.165) is 0 Å². The number of ether oxygens (including phenoxy) is 3. The summed E-state index contributed by atoms with van der Waals surface area (Å²) in [6, 6.07) is 0. The smallest absolute Gasteiger partial charge is 0.469 e. The Labute approximate surface area is 205 Å². The van der Waals surface area contributed by atoms with Crippen LogP contribution in [0.3, 0.4) is 0 Å². The first kappa shape index (κ1) is 28.5. The zero-order valence-electron chi connectivity index (χ0n) is 19.1. The fourth-order valence-corrected chi connectivity index (χ4v) is 4.51. The number of carbonyl (C=O) groups excluding carboxylic acids is 1. The number of aromatic nitrogens is 1. The van der Waals surface area contributed by atoms with E-state index in [2.05, 4.69) is 15.6 Å². The van der Waals surface area contributed by atoms with E-state index in [-0.39, 0.29) is 49.1 Å². The summed E-state index contributed by atoms with van der Waals surface area (Å²) in [6.07, 6.45) is 1.54. The van der Waals surface area contributed by atoms with E-state index in [0.29, 0.717) is 5.56 Å². The number of hydrogen-bond donors (Lipinski definition) is 6. The van der Waals surface area contributed by atoms with Gasteiger partial charge in [-0.05, 0) is 19.4 Å². The molecule has 2 aliphatic heterocycles. The van der Waals surface area contributed by atoms with Crippen LogP contribution >= 0.6 is 15.6 Å². The average molecular weight is 555 g/mol. The van der Waals surface area contributed by atoms with Crippen molar-refractivity contribution in [3.05, 3.63) is 35.4 Å². The van der Waals surface area contributed by atoms with E-state index in [4.69, 9.17) is 33.8 Å².